The maximum Gasteiger partial charge on any atom is 0.153 e. The third-order valence-corrected chi connectivity index (χ3v) is 4.72. The smallest absolute Gasteiger partial charge is 0.153 e. The summed E-state index contributed by atoms with van der Waals surface area (Å²) in [5.41, 5.74) is 4.03. The molecular weight excluding hydrogens is 437 g/mol. The first kappa shape index (κ1) is 29.9. The van der Waals surface area contributed by atoms with E-state index in [0.29, 0.717) is 12.2 Å². The summed E-state index contributed by atoms with van der Waals surface area (Å²) in [6, 6.07) is 14.7. The van der Waals surface area contributed by atoms with Gasteiger partial charge in [-0.1, -0.05) is 68.3 Å². The number of nitrogens with one attached hydrogen (secondary N) is 2. The Morgan fingerprint density at radius 2 is 1.74 bits per heavy atom. The molecule has 0 aliphatic carbocycles. The lowest BCUT2D eigenvalue weighted by atomic mass is 10.1. The summed E-state index contributed by atoms with van der Waals surface area (Å²) >= 11 is 0. The minimum absolute atomic E-state index is 0.225. The van der Waals surface area contributed by atoms with Crippen LogP contribution in [0.3, 0.4) is 0 Å². The number of rotatable bonds is 5. The first-order chi connectivity index (χ1) is 17.0. The molecule has 6 heteroatoms. The molecule has 3 aromatic rings. The molecule has 1 aliphatic heterocycles. The lowest BCUT2D eigenvalue weighted by Gasteiger charge is -2.04. The van der Waals surface area contributed by atoms with Crippen LogP contribution in [0.15, 0.2) is 65.9 Å². The lowest BCUT2D eigenvalue weighted by Crippen LogP contribution is -2.03. The highest BCUT2D eigenvalue weighted by atomic mass is 19.1. The van der Waals surface area contributed by atoms with Crippen molar-refractivity contribution in [2.45, 2.75) is 46.5 Å². The molecule has 0 atom stereocenters. The highest BCUT2D eigenvalue weighted by Crippen LogP contribution is 2.22. The van der Waals surface area contributed by atoms with Gasteiger partial charge in [-0.3, -0.25) is 0 Å². The van der Waals surface area contributed by atoms with Crippen molar-refractivity contribution >= 4 is 12.8 Å². The van der Waals surface area contributed by atoms with Crippen molar-refractivity contribution < 1.29 is 4.39 Å². The third kappa shape index (κ3) is 11.7. The molecule has 35 heavy (non-hydrogen) atoms. The molecule has 2 heterocycles. The predicted molar refractivity (Wildman–Crippen MR) is 150 cm³/mol. The van der Waals surface area contributed by atoms with Gasteiger partial charge in [-0.2, -0.15) is 5.10 Å². The van der Waals surface area contributed by atoms with E-state index in [4.69, 9.17) is 0 Å². The number of aryl methyl sites for hydroxylation is 1. The van der Waals surface area contributed by atoms with Crippen molar-refractivity contribution in [3.05, 3.63) is 83.6 Å². The first-order valence-electron chi connectivity index (χ1n) is 12.3. The Labute approximate surface area is 211 Å². The molecule has 0 amide bonds. The van der Waals surface area contributed by atoms with E-state index in [1.54, 1.807) is 16.9 Å². The number of imidazole rings is 1. The van der Waals surface area contributed by atoms with Crippen molar-refractivity contribution in [2.75, 3.05) is 27.2 Å². The molecule has 0 saturated carbocycles. The van der Waals surface area contributed by atoms with Crippen molar-refractivity contribution in [3.8, 4) is 11.3 Å². The van der Waals surface area contributed by atoms with Gasteiger partial charge in [-0.05, 0) is 77.1 Å². The van der Waals surface area contributed by atoms with Gasteiger partial charge in [0.1, 0.15) is 5.82 Å². The number of hydrogen-bond donors (Lipinski definition) is 2. The molecule has 1 aliphatic rings. The molecule has 2 aromatic carbocycles. The molecule has 190 valence electrons. The quantitative estimate of drug-likeness (QED) is 0.420. The number of benzene rings is 2. The van der Waals surface area contributed by atoms with Gasteiger partial charge in [-0.25, -0.2) is 14.1 Å². The topological polar surface area (TPSA) is 54.2 Å². The van der Waals surface area contributed by atoms with Crippen molar-refractivity contribution in [3.63, 3.8) is 0 Å². The monoisotopic (exact) mass is 479 g/mol. The standard InChI is InChI=1S/C20H18FN3.C4H9N.C3H8.C2H7N/c1-15-9-11-17(12-10-15)19-14-23-20(24(19)22-2)8-4-6-16-5-3-7-18(21)13-16;1-2-4-5-3-1;2*1-3-2/h3-5,7-14H,2,6H2,1H3;5H,1-4H2;3H2,1-2H3;3H,1-2H3/b8-4-;;;. The van der Waals surface area contributed by atoms with Gasteiger partial charge in [0.2, 0.25) is 0 Å². The minimum atomic E-state index is -0.225. The highest BCUT2D eigenvalue weighted by Gasteiger charge is 2.08. The Balaban J connectivity index is 0.000000465. The number of hydrogen-bond acceptors (Lipinski definition) is 4. The van der Waals surface area contributed by atoms with Crippen molar-refractivity contribution in [1.29, 1.82) is 0 Å². The SMILES string of the molecule is C1CCNC1.C=Nn1c(-c2ccc(C)cc2)cnc1/C=C\Cc1cccc(F)c1.CCC.CNC. The second kappa shape index (κ2) is 18.3. The van der Waals surface area contributed by atoms with E-state index in [-0.39, 0.29) is 5.82 Å². The van der Waals surface area contributed by atoms with Gasteiger partial charge < -0.3 is 10.6 Å². The van der Waals surface area contributed by atoms with Crippen molar-refractivity contribution in [1.82, 2.24) is 20.3 Å². The van der Waals surface area contributed by atoms with Crippen LogP contribution in [-0.2, 0) is 6.42 Å². The van der Waals surface area contributed by atoms with Gasteiger partial charge in [0, 0.05) is 12.3 Å². The molecule has 4 rings (SSSR count). The summed E-state index contributed by atoms with van der Waals surface area (Å²) < 4.78 is 14.9. The molecular formula is C29H42FN5. The molecule has 1 fully saturated rings. The maximum absolute atomic E-state index is 13.2. The minimum Gasteiger partial charge on any atom is -0.323 e. The van der Waals surface area contributed by atoms with E-state index in [1.165, 1.54) is 50.0 Å². The average Bonchev–Trinajstić information content (AvgIpc) is 3.54. The summed E-state index contributed by atoms with van der Waals surface area (Å²) in [6.07, 6.45) is 10.2. The number of nitrogens with zero attached hydrogens (tertiary/aromatic N) is 3. The largest absolute Gasteiger partial charge is 0.323 e. The molecule has 0 radical (unpaired) electrons. The molecule has 0 unspecified atom stereocenters. The zero-order valence-electron chi connectivity index (χ0n) is 22.0. The normalized spacial score (nSPS) is 12.1. The van der Waals surface area contributed by atoms with Gasteiger partial charge >= 0.3 is 0 Å². The fourth-order valence-corrected chi connectivity index (χ4v) is 3.13. The number of halogens is 1. The van der Waals surface area contributed by atoms with Gasteiger partial charge in [0.15, 0.2) is 5.82 Å². The van der Waals surface area contributed by atoms with Crippen LogP contribution >= 0.6 is 0 Å². The molecule has 5 nitrogen and oxygen atoms in total. The summed E-state index contributed by atoms with van der Waals surface area (Å²) in [5.74, 6) is 0.466. The highest BCUT2D eigenvalue weighted by molar-refractivity contribution is 5.62. The van der Waals surface area contributed by atoms with E-state index in [0.717, 1.165) is 16.8 Å². The Kier molecular flexibility index (Phi) is 15.6. The second-order valence-electron chi connectivity index (χ2n) is 8.22. The van der Waals surface area contributed by atoms with Crippen LogP contribution in [0, 0.1) is 12.7 Å². The number of aromatic nitrogens is 2. The maximum atomic E-state index is 13.2. The van der Waals surface area contributed by atoms with Crippen LogP contribution in [0.4, 0.5) is 4.39 Å². The number of allylic oxidation sites excluding steroid dienone is 1. The zero-order chi connectivity index (χ0) is 25.9. The van der Waals surface area contributed by atoms with E-state index < -0.39 is 0 Å². The first-order valence-corrected chi connectivity index (χ1v) is 12.3. The average molecular weight is 480 g/mol. The molecule has 2 N–H and O–H groups in total. The van der Waals surface area contributed by atoms with E-state index in [9.17, 15) is 4.39 Å². The van der Waals surface area contributed by atoms with E-state index >= 15 is 0 Å². The van der Waals surface area contributed by atoms with Crippen LogP contribution in [0.5, 0.6) is 0 Å². The fraction of sp³-hybridized carbons (Fsp3) is 0.379. The van der Waals surface area contributed by atoms with E-state index in [1.807, 2.05) is 51.4 Å². The van der Waals surface area contributed by atoms with Crippen LogP contribution in [0.25, 0.3) is 17.3 Å². The van der Waals surface area contributed by atoms with Crippen LogP contribution in [-0.4, -0.2) is 43.6 Å². The summed E-state index contributed by atoms with van der Waals surface area (Å²) in [7, 11) is 3.75. The zero-order valence-corrected chi connectivity index (χ0v) is 22.0. The summed E-state index contributed by atoms with van der Waals surface area (Å²) in [4.78, 5) is 4.40. The van der Waals surface area contributed by atoms with Gasteiger partial charge in [0.25, 0.3) is 0 Å². The Morgan fingerprint density at radius 1 is 1.11 bits per heavy atom. The van der Waals surface area contributed by atoms with Crippen LogP contribution in [0.1, 0.15) is 50.1 Å². The van der Waals surface area contributed by atoms with Crippen LogP contribution in [0.2, 0.25) is 0 Å². The molecule has 0 spiro atoms. The van der Waals surface area contributed by atoms with E-state index in [2.05, 4.69) is 53.4 Å². The Hall–Kier alpha value is -3.09. The molecule has 1 saturated heterocycles. The van der Waals surface area contributed by atoms with Crippen molar-refractivity contribution in [2.24, 2.45) is 5.10 Å². The Morgan fingerprint density at radius 3 is 2.26 bits per heavy atom. The summed E-state index contributed by atoms with van der Waals surface area (Å²) in [6.45, 7) is 12.4. The fourth-order valence-electron chi connectivity index (χ4n) is 3.13. The summed E-state index contributed by atoms with van der Waals surface area (Å²) in [5, 5.41) is 10.0. The third-order valence-electron chi connectivity index (χ3n) is 4.72. The molecule has 0 bridgehead atoms. The molecule has 1 aromatic heterocycles. The van der Waals surface area contributed by atoms with Gasteiger partial charge in [-0.15, -0.1) is 0 Å². The predicted octanol–water partition coefficient (Wildman–Crippen LogP) is 6.34. The second-order valence-corrected chi connectivity index (χ2v) is 8.22. The lowest BCUT2D eigenvalue weighted by molar-refractivity contribution is 0.626. The Bertz CT molecular complexity index is 979. The van der Waals surface area contributed by atoms with Gasteiger partial charge in [0.05, 0.1) is 11.9 Å². The van der Waals surface area contributed by atoms with Crippen LogP contribution < -0.4 is 10.6 Å².